The summed E-state index contributed by atoms with van der Waals surface area (Å²) in [5.74, 6) is -1.71. The zero-order valence-electron chi connectivity index (χ0n) is 13.1. The molecule has 0 aliphatic carbocycles. The number of hydrogen-bond acceptors (Lipinski definition) is 5. The van der Waals surface area contributed by atoms with Crippen molar-refractivity contribution in [3.8, 4) is 0 Å². The molecule has 2 aromatic rings. The number of aromatic carboxylic acids is 1. The number of carboxylic acid groups (broad SMARTS) is 1. The number of rotatable bonds is 6. The SMILES string of the molecule is CC(C)c1ccc(C(=O)NCc2ccc(C(=O)O)o2)cc1[N+](=O)[O-]. The van der Waals surface area contributed by atoms with E-state index in [9.17, 15) is 19.7 Å². The van der Waals surface area contributed by atoms with Gasteiger partial charge in [0.25, 0.3) is 11.6 Å². The summed E-state index contributed by atoms with van der Waals surface area (Å²) in [6.45, 7) is 3.64. The maximum Gasteiger partial charge on any atom is 0.371 e. The highest BCUT2D eigenvalue weighted by Crippen LogP contribution is 2.27. The van der Waals surface area contributed by atoms with Gasteiger partial charge in [-0.15, -0.1) is 0 Å². The van der Waals surface area contributed by atoms with Crippen molar-refractivity contribution in [3.05, 3.63) is 63.1 Å². The van der Waals surface area contributed by atoms with Crippen molar-refractivity contribution >= 4 is 17.6 Å². The van der Waals surface area contributed by atoms with Crippen molar-refractivity contribution in [1.82, 2.24) is 5.32 Å². The fourth-order valence-electron chi connectivity index (χ4n) is 2.19. The second-order valence-corrected chi connectivity index (χ2v) is 5.44. The predicted molar refractivity (Wildman–Crippen MR) is 84.0 cm³/mol. The summed E-state index contributed by atoms with van der Waals surface area (Å²) < 4.78 is 5.02. The Hall–Kier alpha value is -3.16. The highest BCUT2D eigenvalue weighted by Gasteiger charge is 2.19. The number of nitro groups is 1. The number of benzene rings is 1. The lowest BCUT2D eigenvalue weighted by atomic mass is 9.99. The summed E-state index contributed by atoms with van der Waals surface area (Å²) in [7, 11) is 0. The third-order valence-corrected chi connectivity index (χ3v) is 3.41. The summed E-state index contributed by atoms with van der Waals surface area (Å²) in [6.07, 6.45) is 0. The molecule has 1 aromatic heterocycles. The third kappa shape index (κ3) is 3.78. The Bertz CT molecular complexity index is 794. The summed E-state index contributed by atoms with van der Waals surface area (Å²) in [5.41, 5.74) is 0.591. The van der Waals surface area contributed by atoms with Gasteiger partial charge in [0.2, 0.25) is 5.76 Å². The summed E-state index contributed by atoms with van der Waals surface area (Å²) in [6, 6.07) is 7.03. The van der Waals surface area contributed by atoms with E-state index in [0.29, 0.717) is 5.56 Å². The Morgan fingerprint density at radius 2 is 2.00 bits per heavy atom. The molecule has 0 radical (unpaired) electrons. The molecular formula is C16H16N2O6. The zero-order chi connectivity index (χ0) is 17.9. The monoisotopic (exact) mass is 332 g/mol. The van der Waals surface area contributed by atoms with Crippen LogP contribution in [0.25, 0.3) is 0 Å². The van der Waals surface area contributed by atoms with Gasteiger partial charge in [-0.1, -0.05) is 19.9 Å². The zero-order valence-corrected chi connectivity index (χ0v) is 13.1. The summed E-state index contributed by atoms with van der Waals surface area (Å²) in [5, 5.41) is 22.4. The molecular weight excluding hydrogens is 316 g/mol. The molecule has 0 aliphatic heterocycles. The van der Waals surface area contributed by atoms with Crippen LogP contribution in [0.2, 0.25) is 0 Å². The van der Waals surface area contributed by atoms with E-state index in [2.05, 4.69) is 5.32 Å². The quantitative estimate of drug-likeness (QED) is 0.619. The van der Waals surface area contributed by atoms with Gasteiger partial charge in [0.05, 0.1) is 11.5 Å². The molecule has 1 aromatic carbocycles. The highest BCUT2D eigenvalue weighted by molar-refractivity contribution is 5.95. The smallest absolute Gasteiger partial charge is 0.371 e. The maximum absolute atomic E-state index is 12.1. The van der Waals surface area contributed by atoms with E-state index in [1.807, 2.05) is 13.8 Å². The van der Waals surface area contributed by atoms with E-state index in [1.165, 1.54) is 24.3 Å². The number of nitro benzene ring substituents is 1. The molecule has 126 valence electrons. The molecule has 0 unspecified atom stereocenters. The Balaban J connectivity index is 2.13. The average Bonchev–Trinajstić information content (AvgIpc) is 3.01. The molecule has 0 saturated heterocycles. The molecule has 8 nitrogen and oxygen atoms in total. The number of carboxylic acids is 1. The van der Waals surface area contributed by atoms with Gasteiger partial charge in [0, 0.05) is 17.2 Å². The third-order valence-electron chi connectivity index (χ3n) is 3.41. The molecule has 0 fully saturated rings. The lowest BCUT2D eigenvalue weighted by Crippen LogP contribution is -2.22. The Kier molecular flexibility index (Phi) is 4.98. The first-order valence-electron chi connectivity index (χ1n) is 7.18. The van der Waals surface area contributed by atoms with Crippen LogP contribution < -0.4 is 5.32 Å². The standard InChI is InChI=1S/C16H16N2O6/c1-9(2)12-5-3-10(7-13(12)18(22)23)15(19)17-8-11-4-6-14(24-11)16(20)21/h3-7,9H,8H2,1-2H3,(H,17,19)(H,20,21). The van der Waals surface area contributed by atoms with E-state index in [-0.39, 0.29) is 35.2 Å². The van der Waals surface area contributed by atoms with Crippen LogP contribution in [-0.2, 0) is 6.54 Å². The molecule has 2 N–H and O–H groups in total. The first kappa shape index (κ1) is 17.2. The Morgan fingerprint density at radius 1 is 1.29 bits per heavy atom. The normalized spacial score (nSPS) is 10.6. The lowest BCUT2D eigenvalue weighted by molar-refractivity contribution is -0.385. The minimum atomic E-state index is -1.20. The molecule has 8 heteroatoms. The lowest BCUT2D eigenvalue weighted by Gasteiger charge is -2.08. The number of nitrogens with one attached hydrogen (secondary N) is 1. The van der Waals surface area contributed by atoms with E-state index < -0.39 is 16.8 Å². The Morgan fingerprint density at radius 3 is 2.54 bits per heavy atom. The number of furan rings is 1. The topological polar surface area (TPSA) is 123 Å². The van der Waals surface area contributed by atoms with Crippen molar-refractivity contribution < 1.29 is 24.0 Å². The van der Waals surface area contributed by atoms with Crippen molar-refractivity contribution in [2.24, 2.45) is 0 Å². The first-order valence-corrected chi connectivity index (χ1v) is 7.18. The fourth-order valence-corrected chi connectivity index (χ4v) is 2.19. The van der Waals surface area contributed by atoms with Crippen LogP contribution in [0.5, 0.6) is 0 Å². The van der Waals surface area contributed by atoms with Gasteiger partial charge in [-0.2, -0.15) is 0 Å². The van der Waals surface area contributed by atoms with Crippen LogP contribution in [0.4, 0.5) is 5.69 Å². The molecule has 0 aliphatic rings. The minimum absolute atomic E-state index is 0.0220. The van der Waals surface area contributed by atoms with Crippen molar-refractivity contribution in [2.75, 3.05) is 0 Å². The van der Waals surface area contributed by atoms with Gasteiger partial charge in [-0.25, -0.2) is 4.79 Å². The second kappa shape index (κ2) is 6.95. The summed E-state index contributed by atoms with van der Waals surface area (Å²) >= 11 is 0. The highest BCUT2D eigenvalue weighted by atomic mass is 16.6. The largest absolute Gasteiger partial charge is 0.475 e. The number of hydrogen-bond donors (Lipinski definition) is 2. The van der Waals surface area contributed by atoms with Crippen LogP contribution in [0.3, 0.4) is 0 Å². The van der Waals surface area contributed by atoms with Crippen LogP contribution in [-0.4, -0.2) is 21.9 Å². The van der Waals surface area contributed by atoms with Crippen LogP contribution in [0.15, 0.2) is 34.7 Å². The van der Waals surface area contributed by atoms with Gasteiger partial charge < -0.3 is 14.8 Å². The molecule has 0 saturated carbocycles. The Labute approximate surface area is 137 Å². The molecule has 0 bridgehead atoms. The number of nitrogens with zero attached hydrogens (tertiary/aromatic N) is 1. The number of carbonyl (C=O) groups excluding carboxylic acids is 1. The van der Waals surface area contributed by atoms with Gasteiger partial charge in [-0.05, 0) is 24.1 Å². The molecule has 24 heavy (non-hydrogen) atoms. The van der Waals surface area contributed by atoms with E-state index in [1.54, 1.807) is 6.07 Å². The van der Waals surface area contributed by atoms with Crippen molar-refractivity contribution in [3.63, 3.8) is 0 Å². The van der Waals surface area contributed by atoms with Gasteiger partial charge >= 0.3 is 5.97 Å². The van der Waals surface area contributed by atoms with Crippen LogP contribution in [0.1, 0.15) is 52.0 Å². The maximum atomic E-state index is 12.1. The van der Waals surface area contributed by atoms with E-state index >= 15 is 0 Å². The van der Waals surface area contributed by atoms with Crippen LogP contribution in [0, 0.1) is 10.1 Å². The summed E-state index contributed by atoms with van der Waals surface area (Å²) in [4.78, 5) is 33.5. The van der Waals surface area contributed by atoms with Crippen LogP contribution >= 0.6 is 0 Å². The minimum Gasteiger partial charge on any atom is -0.475 e. The average molecular weight is 332 g/mol. The number of carbonyl (C=O) groups is 2. The van der Waals surface area contributed by atoms with Crippen molar-refractivity contribution in [2.45, 2.75) is 26.3 Å². The van der Waals surface area contributed by atoms with E-state index in [4.69, 9.17) is 9.52 Å². The molecule has 1 heterocycles. The van der Waals surface area contributed by atoms with E-state index in [0.717, 1.165) is 0 Å². The van der Waals surface area contributed by atoms with Crippen molar-refractivity contribution in [1.29, 1.82) is 0 Å². The van der Waals surface area contributed by atoms with Gasteiger partial charge in [-0.3, -0.25) is 14.9 Å². The molecule has 0 spiro atoms. The van der Waals surface area contributed by atoms with Gasteiger partial charge in [0.15, 0.2) is 0 Å². The fraction of sp³-hybridized carbons (Fsp3) is 0.250. The predicted octanol–water partition coefficient (Wildman–Crippen LogP) is 2.94. The first-order chi connectivity index (χ1) is 11.3. The van der Waals surface area contributed by atoms with Gasteiger partial charge in [0.1, 0.15) is 5.76 Å². The molecule has 2 rings (SSSR count). The second-order valence-electron chi connectivity index (χ2n) is 5.44. The number of amides is 1. The molecule has 0 atom stereocenters. The molecule has 1 amide bonds.